The van der Waals surface area contributed by atoms with E-state index in [9.17, 15) is 9.59 Å². The molecular formula is C31H39N7O4. The molecule has 0 bridgehead atoms. The Morgan fingerprint density at radius 3 is 2.52 bits per heavy atom. The highest BCUT2D eigenvalue weighted by Crippen LogP contribution is 2.21. The topological polar surface area (TPSA) is 125 Å². The number of nitrogens with one attached hydrogen (secondary N) is 2. The van der Waals surface area contributed by atoms with Crippen LogP contribution in [0.25, 0.3) is 16.9 Å². The molecule has 3 aromatic heterocycles. The second-order valence-corrected chi connectivity index (χ2v) is 10.7. The van der Waals surface area contributed by atoms with Crippen LogP contribution in [0.4, 0.5) is 5.69 Å². The van der Waals surface area contributed by atoms with E-state index < -0.39 is 0 Å². The van der Waals surface area contributed by atoms with Crippen molar-refractivity contribution in [2.45, 2.75) is 65.0 Å². The van der Waals surface area contributed by atoms with Crippen LogP contribution in [-0.4, -0.2) is 68.7 Å². The lowest BCUT2D eigenvalue weighted by molar-refractivity contribution is -0.123. The Morgan fingerprint density at radius 2 is 1.74 bits per heavy atom. The molecule has 3 heterocycles. The SMILES string of the molecule is Cc1cc(C)n2ccc(C(=O)Nc3ccc(-c4cn(CCOCCOCCC(=O)NC5CCCCC5)nn4)cc3)c2n1. The molecule has 0 saturated heterocycles. The first-order chi connectivity index (χ1) is 20.5. The summed E-state index contributed by atoms with van der Waals surface area (Å²) in [5.74, 6) is -0.142. The summed E-state index contributed by atoms with van der Waals surface area (Å²) in [6.07, 6.45) is 9.96. The molecular weight excluding hydrogens is 534 g/mol. The van der Waals surface area contributed by atoms with Gasteiger partial charge in [0.1, 0.15) is 11.3 Å². The molecule has 1 aromatic carbocycles. The molecule has 2 N–H and O–H groups in total. The lowest BCUT2D eigenvalue weighted by Gasteiger charge is -2.22. The molecule has 0 atom stereocenters. The Morgan fingerprint density at radius 1 is 0.976 bits per heavy atom. The molecule has 11 nitrogen and oxygen atoms in total. The molecule has 0 aliphatic heterocycles. The van der Waals surface area contributed by atoms with E-state index in [0.717, 1.165) is 35.5 Å². The number of rotatable bonds is 13. The number of amides is 2. The summed E-state index contributed by atoms with van der Waals surface area (Å²) in [6, 6.07) is 11.6. The summed E-state index contributed by atoms with van der Waals surface area (Å²) >= 11 is 0. The van der Waals surface area contributed by atoms with Crippen molar-refractivity contribution in [1.82, 2.24) is 29.7 Å². The average molecular weight is 574 g/mol. The predicted octanol–water partition coefficient (Wildman–Crippen LogP) is 4.33. The van der Waals surface area contributed by atoms with E-state index in [1.807, 2.05) is 61.0 Å². The molecule has 1 saturated carbocycles. The quantitative estimate of drug-likeness (QED) is 0.228. The van der Waals surface area contributed by atoms with Crippen LogP contribution in [0.3, 0.4) is 0 Å². The van der Waals surface area contributed by atoms with E-state index in [4.69, 9.17) is 9.47 Å². The lowest BCUT2D eigenvalue weighted by Crippen LogP contribution is -2.36. The molecule has 1 aliphatic rings. The van der Waals surface area contributed by atoms with Gasteiger partial charge in [-0.15, -0.1) is 5.10 Å². The van der Waals surface area contributed by atoms with Crippen LogP contribution in [0.15, 0.2) is 48.8 Å². The van der Waals surface area contributed by atoms with Gasteiger partial charge in [-0.25, -0.2) is 9.67 Å². The number of hydrogen-bond donors (Lipinski definition) is 2. The maximum atomic E-state index is 12.9. The molecule has 0 unspecified atom stereocenters. The number of anilines is 1. The van der Waals surface area contributed by atoms with Gasteiger partial charge in [0.15, 0.2) is 0 Å². The summed E-state index contributed by atoms with van der Waals surface area (Å²) in [6.45, 7) is 6.24. The lowest BCUT2D eigenvalue weighted by atomic mass is 9.95. The van der Waals surface area contributed by atoms with Crippen molar-refractivity contribution in [1.29, 1.82) is 0 Å². The number of ether oxygens (including phenoxy) is 2. The number of hydrogen-bond acceptors (Lipinski definition) is 7. The van der Waals surface area contributed by atoms with Gasteiger partial charge in [0.25, 0.3) is 5.91 Å². The van der Waals surface area contributed by atoms with Gasteiger partial charge in [0.2, 0.25) is 5.91 Å². The summed E-state index contributed by atoms with van der Waals surface area (Å²) in [4.78, 5) is 29.5. The molecule has 0 radical (unpaired) electrons. The minimum Gasteiger partial charge on any atom is -0.379 e. The Bertz CT molecular complexity index is 1490. The average Bonchev–Trinajstić information content (AvgIpc) is 3.63. The van der Waals surface area contributed by atoms with Crippen LogP contribution >= 0.6 is 0 Å². The molecule has 11 heteroatoms. The van der Waals surface area contributed by atoms with Gasteiger partial charge in [-0.3, -0.25) is 9.59 Å². The molecule has 2 amide bonds. The second-order valence-electron chi connectivity index (χ2n) is 10.7. The normalized spacial score (nSPS) is 13.9. The molecule has 1 fully saturated rings. The van der Waals surface area contributed by atoms with Crippen molar-refractivity contribution in [3.63, 3.8) is 0 Å². The summed E-state index contributed by atoms with van der Waals surface area (Å²) < 4.78 is 14.8. The fraction of sp³-hybridized carbons (Fsp3) is 0.452. The third-order valence-electron chi connectivity index (χ3n) is 7.44. The predicted molar refractivity (Wildman–Crippen MR) is 159 cm³/mol. The smallest absolute Gasteiger partial charge is 0.259 e. The van der Waals surface area contributed by atoms with Crippen LogP contribution < -0.4 is 10.6 Å². The zero-order chi connectivity index (χ0) is 29.3. The van der Waals surface area contributed by atoms with Crippen LogP contribution in [0.2, 0.25) is 0 Å². The van der Waals surface area contributed by atoms with E-state index in [1.165, 1.54) is 19.3 Å². The van der Waals surface area contributed by atoms with E-state index in [-0.39, 0.29) is 11.8 Å². The summed E-state index contributed by atoms with van der Waals surface area (Å²) in [5, 5.41) is 14.5. The Hall–Kier alpha value is -4.09. The fourth-order valence-corrected chi connectivity index (χ4v) is 5.23. The van der Waals surface area contributed by atoms with Crippen molar-refractivity contribution >= 4 is 23.1 Å². The Balaban J connectivity index is 1.000. The first kappa shape index (κ1) is 29.4. The summed E-state index contributed by atoms with van der Waals surface area (Å²) in [5.41, 5.74) is 5.37. The number of benzene rings is 1. The third kappa shape index (κ3) is 7.80. The van der Waals surface area contributed by atoms with E-state index in [2.05, 4.69) is 25.9 Å². The van der Waals surface area contributed by atoms with Crippen LogP contribution in [0.1, 0.15) is 60.3 Å². The first-order valence-corrected chi connectivity index (χ1v) is 14.7. The number of aryl methyl sites for hydroxylation is 2. The Labute approximate surface area is 245 Å². The monoisotopic (exact) mass is 573 g/mol. The van der Waals surface area contributed by atoms with Crippen molar-refractivity contribution in [2.75, 3.05) is 31.7 Å². The summed E-state index contributed by atoms with van der Waals surface area (Å²) in [7, 11) is 0. The second kappa shape index (κ2) is 14.2. The maximum Gasteiger partial charge on any atom is 0.259 e. The molecule has 5 rings (SSSR count). The largest absolute Gasteiger partial charge is 0.379 e. The Kier molecular flexibility index (Phi) is 9.94. The number of nitrogens with zero attached hydrogens (tertiary/aromatic N) is 5. The number of carbonyl (C=O) groups excluding carboxylic acids is 2. The van der Waals surface area contributed by atoms with Gasteiger partial charge in [0, 0.05) is 41.3 Å². The van der Waals surface area contributed by atoms with Crippen LogP contribution in [-0.2, 0) is 20.8 Å². The zero-order valence-corrected chi connectivity index (χ0v) is 24.3. The minimum atomic E-state index is -0.209. The van der Waals surface area contributed by atoms with Gasteiger partial charge in [-0.2, -0.15) is 0 Å². The van der Waals surface area contributed by atoms with Gasteiger partial charge in [0.05, 0.1) is 44.7 Å². The molecule has 0 spiro atoms. The van der Waals surface area contributed by atoms with Crippen LogP contribution in [0.5, 0.6) is 0 Å². The highest BCUT2D eigenvalue weighted by atomic mass is 16.5. The fourth-order valence-electron chi connectivity index (χ4n) is 5.23. The zero-order valence-electron chi connectivity index (χ0n) is 24.3. The number of fused-ring (bicyclic) bond motifs is 1. The minimum absolute atomic E-state index is 0.0673. The molecule has 1 aliphatic carbocycles. The van der Waals surface area contributed by atoms with Gasteiger partial charge in [-0.05, 0) is 51.0 Å². The number of carbonyl (C=O) groups is 2. The van der Waals surface area contributed by atoms with E-state index in [1.54, 1.807) is 10.7 Å². The number of aromatic nitrogens is 5. The van der Waals surface area contributed by atoms with Crippen molar-refractivity contribution in [3.05, 3.63) is 65.7 Å². The molecule has 4 aromatic rings. The van der Waals surface area contributed by atoms with Crippen molar-refractivity contribution in [3.8, 4) is 11.3 Å². The maximum absolute atomic E-state index is 12.9. The van der Waals surface area contributed by atoms with Crippen LogP contribution in [0, 0.1) is 13.8 Å². The third-order valence-corrected chi connectivity index (χ3v) is 7.44. The van der Waals surface area contributed by atoms with Crippen molar-refractivity contribution in [2.24, 2.45) is 0 Å². The van der Waals surface area contributed by atoms with Gasteiger partial charge < -0.3 is 24.5 Å². The first-order valence-electron chi connectivity index (χ1n) is 14.7. The standard InChI is InChI=1S/C31H39N7O4/c1-22-20-23(2)38-14-12-27(30(38)32-22)31(40)34-26-10-8-24(9-11-26)28-21-37(36-35-28)15-17-42-19-18-41-16-13-29(39)33-25-6-4-3-5-7-25/h8-12,14,20-21,25H,3-7,13,15-19H2,1-2H3,(H,33,39)(H,34,40). The van der Waals surface area contributed by atoms with Gasteiger partial charge >= 0.3 is 0 Å². The van der Waals surface area contributed by atoms with E-state index in [0.29, 0.717) is 62.3 Å². The van der Waals surface area contributed by atoms with E-state index >= 15 is 0 Å². The molecule has 42 heavy (non-hydrogen) atoms. The highest BCUT2D eigenvalue weighted by Gasteiger charge is 2.16. The van der Waals surface area contributed by atoms with Crippen molar-refractivity contribution < 1.29 is 19.1 Å². The van der Waals surface area contributed by atoms with Gasteiger partial charge in [-0.1, -0.05) is 36.6 Å². The highest BCUT2D eigenvalue weighted by molar-refractivity contribution is 6.08. The molecule has 222 valence electrons.